The lowest BCUT2D eigenvalue weighted by Crippen LogP contribution is -2.32. The van der Waals surface area contributed by atoms with E-state index < -0.39 is 0 Å². The zero-order chi connectivity index (χ0) is 13.8. The summed E-state index contributed by atoms with van der Waals surface area (Å²) in [5.74, 6) is 2.55. The molecule has 3 atom stereocenters. The number of hydrogen-bond acceptors (Lipinski definition) is 3. The van der Waals surface area contributed by atoms with Crippen molar-refractivity contribution in [3.8, 4) is 5.75 Å². The summed E-state index contributed by atoms with van der Waals surface area (Å²) in [6.07, 6.45) is 0. The molecule has 1 fully saturated rings. The lowest BCUT2D eigenvalue weighted by molar-refractivity contribution is 0.287. The highest BCUT2D eigenvalue weighted by Gasteiger charge is 2.27. The van der Waals surface area contributed by atoms with Gasteiger partial charge in [0.25, 0.3) is 0 Å². The van der Waals surface area contributed by atoms with Gasteiger partial charge in [-0.05, 0) is 36.6 Å². The van der Waals surface area contributed by atoms with Gasteiger partial charge in [0, 0.05) is 25.7 Å². The number of nitrogens with zero attached hydrogens (tertiary/aromatic N) is 1. The molecular formula is C16H26N2O. The summed E-state index contributed by atoms with van der Waals surface area (Å²) in [7, 11) is 3.75. The summed E-state index contributed by atoms with van der Waals surface area (Å²) in [6, 6.07) is 8.73. The lowest BCUT2D eigenvalue weighted by atomic mass is 10.0. The highest BCUT2D eigenvalue weighted by Crippen LogP contribution is 2.25. The number of benzene rings is 1. The fourth-order valence-corrected chi connectivity index (χ4v) is 2.88. The normalized spacial score (nSPS) is 25.5. The second-order valence-electron chi connectivity index (χ2n) is 5.79. The molecule has 1 aromatic rings. The van der Waals surface area contributed by atoms with Gasteiger partial charge in [0.05, 0.1) is 7.11 Å². The molecule has 0 aliphatic carbocycles. The van der Waals surface area contributed by atoms with Crippen molar-refractivity contribution in [2.24, 2.45) is 11.8 Å². The molecule has 1 aliphatic heterocycles. The van der Waals surface area contributed by atoms with Gasteiger partial charge in [0.1, 0.15) is 5.75 Å². The zero-order valence-electron chi connectivity index (χ0n) is 12.5. The van der Waals surface area contributed by atoms with Crippen LogP contribution in [0.1, 0.15) is 25.5 Å². The maximum atomic E-state index is 5.31. The molecular weight excluding hydrogens is 236 g/mol. The molecule has 1 N–H and O–H groups in total. The van der Waals surface area contributed by atoms with Gasteiger partial charge in [0.15, 0.2) is 0 Å². The van der Waals surface area contributed by atoms with Gasteiger partial charge in [-0.2, -0.15) is 0 Å². The van der Waals surface area contributed by atoms with Crippen molar-refractivity contribution in [2.75, 3.05) is 33.8 Å². The molecule has 0 aromatic heterocycles. The van der Waals surface area contributed by atoms with Crippen LogP contribution in [0.5, 0.6) is 5.75 Å². The molecule has 1 aromatic carbocycles. The first-order valence-electron chi connectivity index (χ1n) is 7.17. The van der Waals surface area contributed by atoms with Crippen LogP contribution in [0.2, 0.25) is 0 Å². The highest BCUT2D eigenvalue weighted by molar-refractivity contribution is 5.30. The second-order valence-corrected chi connectivity index (χ2v) is 5.79. The van der Waals surface area contributed by atoms with Crippen molar-refractivity contribution in [3.05, 3.63) is 29.8 Å². The first-order valence-corrected chi connectivity index (χ1v) is 7.17. The molecule has 1 saturated heterocycles. The van der Waals surface area contributed by atoms with Crippen molar-refractivity contribution in [1.29, 1.82) is 0 Å². The molecule has 0 bridgehead atoms. The average molecular weight is 262 g/mol. The first-order chi connectivity index (χ1) is 9.13. The van der Waals surface area contributed by atoms with E-state index in [0.29, 0.717) is 6.04 Å². The molecule has 1 heterocycles. The molecule has 0 amide bonds. The predicted molar refractivity (Wildman–Crippen MR) is 79.6 cm³/mol. The highest BCUT2D eigenvalue weighted by atomic mass is 16.5. The molecule has 19 heavy (non-hydrogen) atoms. The maximum absolute atomic E-state index is 5.31. The molecule has 0 radical (unpaired) electrons. The summed E-state index contributed by atoms with van der Waals surface area (Å²) in [6.45, 7) is 8.19. The minimum absolute atomic E-state index is 0.368. The smallest absolute Gasteiger partial charge is 0.119 e. The fourth-order valence-electron chi connectivity index (χ4n) is 2.88. The Balaban J connectivity index is 2.03. The van der Waals surface area contributed by atoms with E-state index in [9.17, 15) is 0 Å². The van der Waals surface area contributed by atoms with Crippen LogP contribution in [0.3, 0.4) is 0 Å². The summed E-state index contributed by atoms with van der Waals surface area (Å²) in [5.41, 5.74) is 1.30. The zero-order valence-corrected chi connectivity index (χ0v) is 12.5. The van der Waals surface area contributed by atoms with Crippen molar-refractivity contribution < 1.29 is 4.74 Å². The van der Waals surface area contributed by atoms with E-state index in [2.05, 4.69) is 42.3 Å². The van der Waals surface area contributed by atoms with E-state index in [0.717, 1.165) is 24.1 Å². The number of ether oxygens (including phenoxy) is 1. The number of nitrogens with one attached hydrogen (secondary N) is 1. The molecule has 1 aliphatic rings. The summed E-state index contributed by atoms with van der Waals surface area (Å²) in [4.78, 5) is 2.57. The third kappa shape index (κ3) is 3.48. The molecule has 0 spiro atoms. The van der Waals surface area contributed by atoms with Crippen molar-refractivity contribution in [1.82, 2.24) is 10.2 Å². The Labute approximate surface area is 116 Å². The Morgan fingerprint density at radius 1 is 1.32 bits per heavy atom. The molecule has 3 nitrogen and oxygen atoms in total. The van der Waals surface area contributed by atoms with Crippen LogP contribution in [-0.4, -0.2) is 38.7 Å². The predicted octanol–water partition coefficient (Wildman–Crippen LogP) is 2.54. The Kier molecular flexibility index (Phi) is 4.83. The third-order valence-electron chi connectivity index (χ3n) is 4.35. The van der Waals surface area contributed by atoms with Crippen LogP contribution < -0.4 is 10.1 Å². The Morgan fingerprint density at radius 3 is 2.58 bits per heavy atom. The summed E-state index contributed by atoms with van der Waals surface area (Å²) >= 11 is 0. The lowest BCUT2D eigenvalue weighted by Gasteiger charge is -2.24. The van der Waals surface area contributed by atoms with Gasteiger partial charge in [-0.25, -0.2) is 0 Å². The Bertz CT molecular complexity index is 397. The monoisotopic (exact) mass is 262 g/mol. The van der Waals surface area contributed by atoms with Crippen LogP contribution in [0.25, 0.3) is 0 Å². The quantitative estimate of drug-likeness (QED) is 0.882. The number of likely N-dealkylation sites (N-methyl/N-ethyl adjacent to an activating group) is 1. The van der Waals surface area contributed by atoms with E-state index >= 15 is 0 Å². The Morgan fingerprint density at radius 2 is 2.00 bits per heavy atom. The van der Waals surface area contributed by atoms with Crippen LogP contribution in [-0.2, 0) is 0 Å². The maximum Gasteiger partial charge on any atom is 0.119 e. The molecule has 0 saturated carbocycles. The second kappa shape index (κ2) is 6.40. The first kappa shape index (κ1) is 14.4. The number of methoxy groups -OCH3 is 1. The van der Waals surface area contributed by atoms with E-state index in [1.165, 1.54) is 18.7 Å². The van der Waals surface area contributed by atoms with E-state index in [1.54, 1.807) is 7.11 Å². The molecule has 106 valence electrons. The van der Waals surface area contributed by atoms with Gasteiger partial charge in [0.2, 0.25) is 0 Å². The minimum atomic E-state index is 0.368. The summed E-state index contributed by atoms with van der Waals surface area (Å²) < 4.78 is 5.31. The van der Waals surface area contributed by atoms with Crippen molar-refractivity contribution in [2.45, 2.75) is 19.9 Å². The number of likely N-dealkylation sites (tertiary alicyclic amines) is 1. The van der Waals surface area contributed by atoms with Crippen LogP contribution in [0, 0.1) is 11.8 Å². The average Bonchev–Trinajstić information content (AvgIpc) is 2.75. The Hall–Kier alpha value is -1.06. The van der Waals surface area contributed by atoms with Crippen molar-refractivity contribution >= 4 is 0 Å². The van der Waals surface area contributed by atoms with E-state index in [4.69, 9.17) is 4.74 Å². The van der Waals surface area contributed by atoms with Gasteiger partial charge in [-0.3, -0.25) is 0 Å². The SMILES string of the molecule is CNC(CN1CC(C)C(C)C1)c1cccc(OC)c1. The third-order valence-corrected chi connectivity index (χ3v) is 4.35. The van der Waals surface area contributed by atoms with Gasteiger partial charge in [-0.1, -0.05) is 26.0 Å². The van der Waals surface area contributed by atoms with Gasteiger partial charge in [-0.15, -0.1) is 0 Å². The topological polar surface area (TPSA) is 24.5 Å². The van der Waals surface area contributed by atoms with Crippen LogP contribution in [0.15, 0.2) is 24.3 Å². The van der Waals surface area contributed by atoms with Crippen LogP contribution >= 0.6 is 0 Å². The van der Waals surface area contributed by atoms with Gasteiger partial charge >= 0.3 is 0 Å². The van der Waals surface area contributed by atoms with E-state index in [-0.39, 0.29) is 0 Å². The molecule has 3 heteroatoms. The number of hydrogen-bond donors (Lipinski definition) is 1. The fraction of sp³-hybridized carbons (Fsp3) is 0.625. The largest absolute Gasteiger partial charge is 0.497 e. The minimum Gasteiger partial charge on any atom is -0.497 e. The van der Waals surface area contributed by atoms with Crippen LogP contribution in [0.4, 0.5) is 0 Å². The number of rotatable bonds is 5. The van der Waals surface area contributed by atoms with E-state index in [1.807, 2.05) is 13.1 Å². The molecule has 2 rings (SSSR count). The summed E-state index contributed by atoms with van der Waals surface area (Å²) in [5, 5.41) is 3.43. The molecule has 3 unspecified atom stereocenters. The standard InChI is InChI=1S/C16H26N2O/c1-12-9-18(10-13(12)2)11-16(17-3)14-6-5-7-15(8-14)19-4/h5-8,12-13,16-17H,9-11H2,1-4H3. The van der Waals surface area contributed by atoms with Gasteiger partial charge < -0.3 is 15.0 Å². The van der Waals surface area contributed by atoms with Crippen molar-refractivity contribution in [3.63, 3.8) is 0 Å².